The van der Waals surface area contributed by atoms with Crippen LogP contribution in [-0.2, 0) is 15.4 Å². The molecular weight excluding hydrogens is 486 g/mol. The van der Waals surface area contributed by atoms with Crippen molar-refractivity contribution in [2.45, 2.75) is 67.3 Å². The maximum absolute atomic E-state index is 13.3. The number of hydrogen-bond acceptors (Lipinski definition) is 6. The van der Waals surface area contributed by atoms with Gasteiger partial charge in [0.15, 0.2) is 11.5 Å². The van der Waals surface area contributed by atoms with Crippen LogP contribution in [0.5, 0.6) is 11.5 Å². The van der Waals surface area contributed by atoms with Crippen LogP contribution in [0.15, 0.2) is 71.1 Å². The number of aliphatic imine (C=N–C) groups is 1. The Morgan fingerprint density at radius 3 is 2.49 bits per heavy atom. The number of nitrogens with one attached hydrogen (secondary N) is 1. The molecule has 1 N–H and O–H groups in total. The van der Waals surface area contributed by atoms with Crippen molar-refractivity contribution in [2.75, 3.05) is 27.8 Å². The van der Waals surface area contributed by atoms with Crippen LogP contribution in [-0.4, -0.2) is 58.5 Å². The molecule has 1 aliphatic heterocycles. The smallest absolute Gasteiger partial charge is 0.242 e. The van der Waals surface area contributed by atoms with Gasteiger partial charge in [-0.1, -0.05) is 43.2 Å². The van der Waals surface area contributed by atoms with Crippen molar-refractivity contribution in [3.05, 3.63) is 66.7 Å². The van der Waals surface area contributed by atoms with E-state index in [9.17, 15) is 8.42 Å². The van der Waals surface area contributed by atoms with Gasteiger partial charge in [-0.05, 0) is 61.9 Å². The standard InChI is InChI=1S/C29H39N3O4S/c1-5-6-18-29(22-16-17-26(35-3)27(21-22)36-4,28-30-24-14-10-11-15-25(24)31-28)19-20-32(2)37(33,34)23-12-8-7-9-13-23/h5,7-9,12-13,16-17,21,24-25H,1,6,10-11,14-15,18-20H2,2-4H3,(H,30,31)/t24-,25-,29+/m0/s1. The number of benzene rings is 2. The number of nitrogens with zero attached hydrogens (tertiary/aromatic N) is 2. The fraction of sp³-hybridized carbons (Fsp3) is 0.483. The molecule has 0 unspecified atom stereocenters. The fourth-order valence-electron chi connectivity index (χ4n) is 5.59. The Labute approximate surface area is 221 Å². The Balaban J connectivity index is 1.75. The zero-order valence-electron chi connectivity index (χ0n) is 22.2. The number of sulfonamides is 1. The van der Waals surface area contributed by atoms with Gasteiger partial charge in [-0.2, -0.15) is 0 Å². The summed E-state index contributed by atoms with van der Waals surface area (Å²) in [6.45, 7) is 4.31. The second-order valence-corrected chi connectivity index (χ2v) is 12.0. The van der Waals surface area contributed by atoms with Gasteiger partial charge in [0.25, 0.3) is 0 Å². The number of allylic oxidation sites excluding steroid dienone is 1. The van der Waals surface area contributed by atoms with E-state index in [0.29, 0.717) is 35.4 Å². The molecule has 2 aromatic rings. The Kier molecular flexibility index (Phi) is 8.60. The van der Waals surface area contributed by atoms with Gasteiger partial charge in [-0.3, -0.25) is 4.99 Å². The first-order chi connectivity index (χ1) is 17.9. The highest BCUT2D eigenvalue weighted by molar-refractivity contribution is 7.89. The maximum Gasteiger partial charge on any atom is 0.242 e. The average molecular weight is 526 g/mol. The normalized spacial score (nSPS) is 20.9. The Bertz CT molecular complexity index is 1210. The Morgan fingerprint density at radius 1 is 1.08 bits per heavy atom. The molecule has 37 heavy (non-hydrogen) atoms. The number of rotatable bonds is 12. The highest BCUT2D eigenvalue weighted by Crippen LogP contribution is 2.42. The first-order valence-corrected chi connectivity index (χ1v) is 14.5. The molecule has 1 fully saturated rings. The Morgan fingerprint density at radius 2 is 1.81 bits per heavy atom. The molecule has 0 spiro atoms. The summed E-state index contributed by atoms with van der Waals surface area (Å²) in [5.74, 6) is 2.25. The lowest BCUT2D eigenvalue weighted by Crippen LogP contribution is -2.48. The summed E-state index contributed by atoms with van der Waals surface area (Å²) in [5.41, 5.74) is 0.494. The van der Waals surface area contributed by atoms with E-state index in [1.165, 1.54) is 17.1 Å². The summed E-state index contributed by atoms with van der Waals surface area (Å²) >= 11 is 0. The molecule has 2 aliphatic rings. The number of hydrogen-bond donors (Lipinski definition) is 1. The van der Waals surface area contributed by atoms with Crippen LogP contribution in [0, 0.1) is 0 Å². The van der Waals surface area contributed by atoms with Gasteiger partial charge >= 0.3 is 0 Å². The van der Waals surface area contributed by atoms with Crippen LogP contribution in [0.3, 0.4) is 0 Å². The van der Waals surface area contributed by atoms with E-state index >= 15 is 0 Å². The van der Waals surface area contributed by atoms with Gasteiger partial charge < -0.3 is 14.8 Å². The molecule has 0 saturated heterocycles. The zero-order chi connectivity index (χ0) is 26.5. The van der Waals surface area contributed by atoms with Gasteiger partial charge in [0, 0.05) is 19.6 Å². The molecule has 1 saturated carbocycles. The third-order valence-corrected chi connectivity index (χ3v) is 9.69. The van der Waals surface area contributed by atoms with Crippen molar-refractivity contribution < 1.29 is 17.9 Å². The van der Waals surface area contributed by atoms with E-state index < -0.39 is 15.4 Å². The lowest BCUT2D eigenvalue weighted by molar-refractivity contribution is 0.351. The monoisotopic (exact) mass is 525 g/mol. The third-order valence-electron chi connectivity index (χ3n) is 7.82. The molecule has 0 aromatic heterocycles. The molecular formula is C29H39N3O4S. The summed E-state index contributed by atoms with van der Waals surface area (Å²) in [5, 5.41) is 3.78. The molecule has 8 heteroatoms. The topological polar surface area (TPSA) is 80.2 Å². The van der Waals surface area contributed by atoms with Crippen molar-refractivity contribution in [3.63, 3.8) is 0 Å². The molecule has 4 rings (SSSR count). The predicted octanol–water partition coefficient (Wildman–Crippen LogP) is 4.93. The molecule has 200 valence electrons. The number of ether oxygens (including phenoxy) is 2. The van der Waals surface area contributed by atoms with E-state index in [0.717, 1.165) is 37.1 Å². The minimum atomic E-state index is -3.62. The van der Waals surface area contributed by atoms with Crippen molar-refractivity contribution in [2.24, 2.45) is 4.99 Å². The summed E-state index contributed by atoms with van der Waals surface area (Å²) in [7, 11) is 1.28. The van der Waals surface area contributed by atoms with Gasteiger partial charge in [-0.15, -0.1) is 6.58 Å². The predicted molar refractivity (Wildman–Crippen MR) is 148 cm³/mol. The summed E-state index contributed by atoms with van der Waals surface area (Å²) in [4.78, 5) is 5.53. The van der Waals surface area contributed by atoms with E-state index in [4.69, 9.17) is 14.5 Å². The molecule has 0 bridgehead atoms. The van der Waals surface area contributed by atoms with Crippen molar-refractivity contribution in [1.82, 2.24) is 9.62 Å². The quantitative estimate of drug-likeness (QED) is 0.398. The van der Waals surface area contributed by atoms with Gasteiger partial charge in [0.05, 0.1) is 30.6 Å². The first kappa shape index (κ1) is 27.2. The van der Waals surface area contributed by atoms with Crippen LogP contribution in [0.4, 0.5) is 0 Å². The molecule has 2 aromatic carbocycles. The van der Waals surface area contributed by atoms with E-state index in [2.05, 4.69) is 18.0 Å². The summed E-state index contributed by atoms with van der Waals surface area (Å²) in [6, 6.07) is 15.2. The fourth-order valence-corrected chi connectivity index (χ4v) is 6.78. The molecule has 7 nitrogen and oxygen atoms in total. The second kappa shape index (κ2) is 11.7. The minimum Gasteiger partial charge on any atom is -0.493 e. The van der Waals surface area contributed by atoms with Gasteiger partial charge in [-0.25, -0.2) is 12.7 Å². The first-order valence-electron chi connectivity index (χ1n) is 13.1. The maximum atomic E-state index is 13.3. The van der Waals surface area contributed by atoms with Gasteiger partial charge in [0.1, 0.15) is 5.84 Å². The Hall–Kier alpha value is -2.84. The molecule has 1 heterocycles. The van der Waals surface area contributed by atoms with Crippen LogP contribution >= 0.6 is 0 Å². The lowest BCUT2D eigenvalue weighted by atomic mass is 9.72. The second-order valence-electron chi connectivity index (χ2n) is 9.95. The molecule has 0 radical (unpaired) electrons. The number of methoxy groups -OCH3 is 2. The van der Waals surface area contributed by atoms with Crippen LogP contribution < -0.4 is 14.8 Å². The van der Waals surface area contributed by atoms with Gasteiger partial charge in [0.2, 0.25) is 10.0 Å². The lowest BCUT2D eigenvalue weighted by Gasteiger charge is -2.37. The zero-order valence-corrected chi connectivity index (χ0v) is 23.0. The largest absolute Gasteiger partial charge is 0.493 e. The molecule has 3 atom stereocenters. The highest BCUT2D eigenvalue weighted by atomic mass is 32.2. The SMILES string of the molecule is C=CCC[C@](CCN(C)S(=O)(=O)c1ccccc1)(C1=N[C@H]2CCCC[C@@H]2N1)c1ccc(OC)c(OC)c1. The van der Waals surface area contributed by atoms with E-state index in [1.807, 2.05) is 24.3 Å². The van der Waals surface area contributed by atoms with Crippen LogP contribution in [0.1, 0.15) is 50.5 Å². The van der Waals surface area contributed by atoms with Crippen molar-refractivity contribution in [3.8, 4) is 11.5 Å². The average Bonchev–Trinajstić information content (AvgIpc) is 3.38. The number of amidine groups is 1. The van der Waals surface area contributed by atoms with Crippen molar-refractivity contribution >= 4 is 15.9 Å². The summed E-state index contributed by atoms with van der Waals surface area (Å²) < 4.78 is 39.3. The molecule has 0 amide bonds. The van der Waals surface area contributed by atoms with Crippen LogP contribution in [0.25, 0.3) is 0 Å². The summed E-state index contributed by atoms with van der Waals surface area (Å²) in [6.07, 6.45) is 8.55. The van der Waals surface area contributed by atoms with Crippen LogP contribution in [0.2, 0.25) is 0 Å². The van der Waals surface area contributed by atoms with Crippen molar-refractivity contribution in [1.29, 1.82) is 0 Å². The minimum absolute atomic E-state index is 0.262. The molecule has 1 aliphatic carbocycles. The van der Waals surface area contributed by atoms with E-state index in [1.54, 1.807) is 45.5 Å². The number of fused-ring (bicyclic) bond motifs is 1. The highest BCUT2D eigenvalue weighted by Gasteiger charge is 2.44. The third kappa shape index (κ3) is 5.55. The van der Waals surface area contributed by atoms with E-state index in [-0.39, 0.29) is 6.04 Å².